The predicted molar refractivity (Wildman–Crippen MR) is 97.5 cm³/mol. The van der Waals surface area contributed by atoms with Gasteiger partial charge in [0.15, 0.2) is 18.1 Å². The minimum absolute atomic E-state index is 0.247. The molecule has 0 bridgehead atoms. The van der Waals surface area contributed by atoms with Crippen LogP contribution in [0.25, 0.3) is 0 Å². The molecule has 132 valence electrons. The first-order chi connectivity index (χ1) is 12.1. The minimum atomic E-state index is -0.481. The summed E-state index contributed by atoms with van der Waals surface area (Å²) in [5.41, 5.74) is 5.08. The highest BCUT2D eigenvalue weighted by Gasteiger charge is 2.11. The van der Waals surface area contributed by atoms with Crippen molar-refractivity contribution >= 4 is 27.7 Å². The summed E-state index contributed by atoms with van der Waals surface area (Å²) in [5.74, 6) is 0.149. The molecule has 2 aromatic carbocycles. The second-order valence-corrected chi connectivity index (χ2v) is 5.92. The smallest absolute Gasteiger partial charge is 0.276 e. The molecule has 25 heavy (non-hydrogen) atoms. The van der Waals surface area contributed by atoms with Crippen LogP contribution < -0.4 is 20.3 Å². The molecule has 6 nitrogen and oxygen atoms in total. The van der Waals surface area contributed by atoms with Gasteiger partial charge in [-0.05, 0) is 46.6 Å². The van der Waals surface area contributed by atoms with Gasteiger partial charge in [-0.3, -0.25) is 20.4 Å². The van der Waals surface area contributed by atoms with E-state index in [-0.39, 0.29) is 6.61 Å². The number of amides is 2. The highest BCUT2D eigenvalue weighted by molar-refractivity contribution is 9.10. The summed E-state index contributed by atoms with van der Waals surface area (Å²) in [6, 6.07) is 14.0. The highest BCUT2D eigenvalue weighted by atomic mass is 79.9. The molecule has 2 N–H and O–H groups in total. The normalized spacial score (nSPS) is 10.0. The number of benzene rings is 2. The molecule has 0 heterocycles. The van der Waals surface area contributed by atoms with Gasteiger partial charge in [-0.1, -0.05) is 31.2 Å². The lowest BCUT2D eigenvalue weighted by Crippen LogP contribution is -2.43. The van der Waals surface area contributed by atoms with Crippen LogP contribution in [-0.4, -0.2) is 25.0 Å². The number of hydrazine groups is 1. The predicted octanol–water partition coefficient (Wildman–Crippen LogP) is 3.08. The zero-order chi connectivity index (χ0) is 18.1. The maximum Gasteiger partial charge on any atom is 0.276 e. The Morgan fingerprint density at radius 2 is 1.60 bits per heavy atom. The molecule has 0 aliphatic rings. The fraction of sp³-hybridized carbons (Fsp3) is 0.222. The standard InChI is InChI=1S/C18H19BrN2O4/c1-2-11-24-15-9-5-6-10-16(15)25-12-17(22)20-21-18(23)13-7-3-4-8-14(13)19/h3-10H,2,11-12H2,1H3,(H,20,22)(H,21,23). The number of rotatable bonds is 7. The first-order valence-corrected chi connectivity index (χ1v) is 8.59. The van der Waals surface area contributed by atoms with Gasteiger partial charge in [0.05, 0.1) is 12.2 Å². The third-order valence-corrected chi connectivity index (χ3v) is 3.80. The second-order valence-electron chi connectivity index (χ2n) is 5.07. The Bertz CT molecular complexity index is 737. The van der Waals surface area contributed by atoms with Crippen LogP contribution in [0, 0.1) is 0 Å². The Balaban J connectivity index is 1.83. The SMILES string of the molecule is CCCOc1ccccc1OCC(=O)NNC(=O)c1ccccc1Br. The van der Waals surface area contributed by atoms with Crippen LogP contribution in [0.2, 0.25) is 0 Å². The van der Waals surface area contributed by atoms with E-state index in [1.807, 2.05) is 13.0 Å². The van der Waals surface area contributed by atoms with Crippen molar-refractivity contribution in [1.29, 1.82) is 0 Å². The van der Waals surface area contributed by atoms with Gasteiger partial charge >= 0.3 is 0 Å². The van der Waals surface area contributed by atoms with E-state index in [4.69, 9.17) is 9.47 Å². The van der Waals surface area contributed by atoms with Gasteiger partial charge in [0.1, 0.15) is 0 Å². The number of hydrogen-bond donors (Lipinski definition) is 2. The van der Waals surface area contributed by atoms with Crippen LogP contribution >= 0.6 is 15.9 Å². The second kappa shape index (κ2) is 9.68. The molecule has 2 aromatic rings. The molecule has 0 radical (unpaired) electrons. The quantitative estimate of drug-likeness (QED) is 0.692. The molecule has 0 aromatic heterocycles. The van der Waals surface area contributed by atoms with Crippen molar-refractivity contribution in [1.82, 2.24) is 10.9 Å². The third kappa shape index (κ3) is 5.79. The molecule has 0 fully saturated rings. The number of halogens is 1. The first-order valence-electron chi connectivity index (χ1n) is 7.80. The summed E-state index contributed by atoms with van der Waals surface area (Å²) < 4.78 is 11.7. The average Bonchev–Trinajstić information content (AvgIpc) is 2.63. The van der Waals surface area contributed by atoms with E-state index in [0.29, 0.717) is 28.1 Å². The molecule has 2 rings (SSSR count). The van der Waals surface area contributed by atoms with E-state index in [0.717, 1.165) is 6.42 Å². The Hall–Kier alpha value is -2.54. The lowest BCUT2D eigenvalue weighted by Gasteiger charge is -2.12. The lowest BCUT2D eigenvalue weighted by atomic mass is 10.2. The van der Waals surface area contributed by atoms with Gasteiger partial charge in [0.25, 0.3) is 11.8 Å². The van der Waals surface area contributed by atoms with Crippen molar-refractivity contribution in [2.24, 2.45) is 0 Å². The summed E-state index contributed by atoms with van der Waals surface area (Å²) in [7, 11) is 0. The molecule has 0 spiro atoms. The van der Waals surface area contributed by atoms with Gasteiger partial charge in [-0.2, -0.15) is 0 Å². The largest absolute Gasteiger partial charge is 0.490 e. The summed E-state index contributed by atoms with van der Waals surface area (Å²) in [6.07, 6.45) is 0.871. The Morgan fingerprint density at radius 3 is 2.28 bits per heavy atom. The van der Waals surface area contributed by atoms with Gasteiger partial charge in [0, 0.05) is 4.47 Å². The summed E-state index contributed by atoms with van der Waals surface area (Å²) in [5, 5.41) is 0. The van der Waals surface area contributed by atoms with E-state index in [2.05, 4.69) is 26.8 Å². The van der Waals surface area contributed by atoms with Gasteiger partial charge < -0.3 is 9.47 Å². The van der Waals surface area contributed by atoms with Crippen molar-refractivity contribution in [2.75, 3.05) is 13.2 Å². The number of carbonyl (C=O) groups is 2. The van der Waals surface area contributed by atoms with E-state index >= 15 is 0 Å². The number of hydrogen-bond acceptors (Lipinski definition) is 4. The van der Waals surface area contributed by atoms with E-state index in [9.17, 15) is 9.59 Å². The molecule has 7 heteroatoms. The van der Waals surface area contributed by atoms with E-state index in [1.165, 1.54) is 0 Å². The van der Waals surface area contributed by atoms with Gasteiger partial charge in [0.2, 0.25) is 0 Å². The Kier molecular flexibility index (Phi) is 7.28. The molecule has 0 aliphatic heterocycles. The lowest BCUT2D eigenvalue weighted by molar-refractivity contribution is -0.123. The van der Waals surface area contributed by atoms with Crippen molar-refractivity contribution in [2.45, 2.75) is 13.3 Å². The van der Waals surface area contributed by atoms with Crippen LogP contribution in [0.1, 0.15) is 23.7 Å². The zero-order valence-corrected chi connectivity index (χ0v) is 15.3. The van der Waals surface area contributed by atoms with Crippen LogP contribution in [0.4, 0.5) is 0 Å². The average molecular weight is 407 g/mol. The molecule has 2 amide bonds. The first kappa shape index (κ1) is 18.8. The highest BCUT2D eigenvalue weighted by Crippen LogP contribution is 2.26. The molecule has 0 unspecified atom stereocenters. The Morgan fingerprint density at radius 1 is 0.960 bits per heavy atom. The summed E-state index contributed by atoms with van der Waals surface area (Å²) in [4.78, 5) is 23.9. The maximum atomic E-state index is 12.0. The maximum absolute atomic E-state index is 12.0. The summed E-state index contributed by atoms with van der Waals surface area (Å²) >= 11 is 3.28. The van der Waals surface area contributed by atoms with Crippen molar-refractivity contribution < 1.29 is 19.1 Å². The topological polar surface area (TPSA) is 76.7 Å². The Labute approximate surface area is 154 Å². The fourth-order valence-electron chi connectivity index (χ4n) is 1.92. The van der Waals surface area contributed by atoms with Crippen LogP contribution in [-0.2, 0) is 4.79 Å². The van der Waals surface area contributed by atoms with Gasteiger partial charge in [-0.25, -0.2) is 0 Å². The van der Waals surface area contributed by atoms with E-state index < -0.39 is 11.8 Å². The van der Waals surface area contributed by atoms with Crippen molar-refractivity contribution in [3.05, 3.63) is 58.6 Å². The van der Waals surface area contributed by atoms with Gasteiger partial charge in [-0.15, -0.1) is 0 Å². The zero-order valence-electron chi connectivity index (χ0n) is 13.8. The molecule has 0 saturated heterocycles. The number of para-hydroxylation sites is 2. The van der Waals surface area contributed by atoms with Crippen LogP contribution in [0.5, 0.6) is 11.5 Å². The molecule has 0 atom stereocenters. The number of nitrogens with one attached hydrogen (secondary N) is 2. The number of ether oxygens (including phenoxy) is 2. The van der Waals surface area contributed by atoms with Crippen molar-refractivity contribution in [3.63, 3.8) is 0 Å². The minimum Gasteiger partial charge on any atom is -0.490 e. The summed E-state index contributed by atoms with van der Waals surface area (Å²) in [6.45, 7) is 2.32. The third-order valence-electron chi connectivity index (χ3n) is 3.10. The fourth-order valence-corrected chi connectivity index (χ4v) is 2.38. The molecule has 0 aliphatic carbocycles. The monoisotopic (exact) mass is 406 g/mol. The molecular formula is C18H19BrN2O4. The molecule has 0 saturated carbocycles. The molecular weight excluding hydrogens is 388 g/mol. The van der Waals surface area contributed by atoms with E-state index in [1.54, 1.807) is 42.5 Å². The van der Waals surface area contributed by atoms with Crippen molar-refractivity contribution in [3.8, 4) is 11.5 Å². The van der Waals surface area contributed by atoms with Crippen LogP contribution in [0.3, 0.4) is 0 Å². The number of carbonyl (C=O) groups excluding carboxylic acids is 2. The van der Waals surface area contributed by atoms with Crippen LogP contribution in [0.15, 0.2) is 53.0 Å².